The molecule has 6 heteroatoms. The van der Waals surface area contributed by atoms with Crippen molar-refractivity contribution in [1.29, 1.82) is 0 Å². The molecular formula is C30H33Cl2N3O. The second kappa shape index (κ2) is 11.8. The molecule has 2 aliphatic rings. The number of nitrogens with one attached hydrogen (secondary N) is 1. The van der Waals surface area contributed by atoms with Crippen molar-refractivity contribution in [2.45, 2.75) is 45.4 Å². The summed E-state index contributed by atoms with van der Waals surface area (Å²) >= 11 is 12.3. The van der Waals surface area contributed by atoms with Gasteiger partial charge in [0.05, 0.1) is 0 Å². The van der Waals surface area contributed by atoms with Crippen molar-refractivity contribution in [3.8, 4) is 0 Å². The molecule has 0 unspecified atom stereocenters. The highest BCUT2D eigenvalue weighted by molar-refractivity contribution is 6.35. The summed E-state index contributed by atoms with van der Waals surface area (Å²) in [5.74, 6) is 0.235. The summed E-state index contributed by atoms with van der Waals surface area (Å²) < 4.78 is 0. The molecule has 2 heterocycles. The van der Waals surface area contributed by atoms with E-state index < -0.39 is 0 Å². The van der Waals surface area contributed by atoms with Crippen LogP contribution in [-0.4, -0.2) is 35.3 Å². The Morgan fingerprint density at radius 1 is 0.833 bits per heavy atom. The fourth-order valence-electron chi connectivity index (χ4n) is 5.29. The number of nitrogens with zero attached hydrogens (tertiary/aromatic N) is 2. The predicted molar refractivity (Wildman–Crippen MR) is 147 cm³/mol. The van der Waals surface area contributed by atoms with E-state index in [1.54, 1.807) is 6.07 Å². The number of hydrogen-bond acceptors (Lipinski definition) is 3. The lowest BCUT2D eigenvalue weighted by Crippen LogP contribution is -2.40. The standard InChI is InChI=1S/C30H33Cl2N3O/c31-28-10-9-27(29(32)17-28)21-34-14-12-25(13-15-34)30(36)33-18-22-5-7-23(8-6-22)19-35-16-11-24-3-1-2-4-26(24)20-35/h1-10,17,25H,11-16,18-21H2,(H,33,36). The number of halogens is 2. The van der Waals surface area contributed by atoms with Gasteiger partial charge in [-0.15, -0.1) is 0 Å². The van der Waals surface area contributed by atoms with Crippen molar-refractivity contribution in [1.82, 2.24) is 15.1 Å². The molecule has 0 atom stereocenters. The number of amides is 1. The number of fused-ring (bicyclic) bond motifs is 1. The van der Waals surface area contributed by atoms with Gasteiger partial charge >= 0.3 is 0 Å². The second-order valence-electron chi connectivity index (χ2n) is 10.0. The molecule has 3 aromatic carbocycles. The van der Waals surface area contributed by atoms with Crippen molar-refractivity contribution >= 4 is 29.1 Å². The first kappa shape index (κ1) is 25.3. The van der Waals surface area contributed by atoms with E-state index in [0.717, 1.165) is 69.7 Å². The number of rotatable bonds is 7. The van der Waals surface area contributed by atoms with Crippen LogP contribution < -0.4 is 5.32 Å². The number of carbonyl (C=O) groups is 1. The van der Waals surface area contributed by atoms with Gasteiger partial charge in [-0.3, -0.25) is 14.6 Å². The lowest BCUT2D eigenvalue weighted by molar-refractivity contribution is -0.126. The van der Waals surface area contributed by atoms with E-state index in [9.17, 15) is 4.79 Å². The summed E-state index contributed by atoms with van der Waals surface area (Å²) in [5.41, 5.74) is 6.47. The fraction of sp³-hybridized carbons (Fsp3) is 0.367. The highest BCUT2D eigenvalue weighted by atomic mass is 35.5. The lowest BCUT2D eigenvalue weighted by Gasteiger charge is -2.31. The zero-order valence-electron chi connectivity index (χ0n) is 20.6. The van der Waals surface area contributed by atoms with E-state index in [1.807, 2.05) is 12.1 Å². The Labute approximate surface area is 224 Å². The van der Waals surface area contributed by atoms with Crippen LogP contribution in [0, 0.1) is 5.92 Å². The number of piperidine rings is 1. The lowest BCUT2D eigenvalue weighted by atomic mass is 9.95. The summed E-state index contributed by atoms with van der Waals surface area (Å²) in [7, 11) is 0. The average molecular weight is 523 g/mol. The third kappa shape index (κ3) is 6.49. The predicted octanol–water partition coefficient (Wildman–Crippen LogP) is 6.08. The van der Waals surface area contributed by atoms with Crippen molar-refractivity contribution in [2.75, 3.05) is 19.6 Å². The maximum absolute atomic E-state index is 12.8. The average Bonchev–Trinajstić information content (AvgIpc) is 2.90. The van der Waals surface area contributed by atoms with Gasteiger partial charge in [-0.1, -0.05) is 77.8 Å². The first-order chi connectivity index (χ1) is 17.5. The van der Waals surface area contributed by atoms with Crippen molar-refractivity contribution < 1.29 is 4.79 Å². The smallest absolute Gasteiger partial charge is 0.223 e. The fourth-order valence-corrected chi connectivity index (χ4v) is 5.76. The number of benzene rings is 3. The van der Waals surface area contributed by atoms with Crippen LogP contribution >= 0.6 is 23.2 Å². The third-order valence-electron chi connectivity index (χ3n) is 7.47. The van der Waals surface area contributed by atoms with Crippen LogP contribution in [-0.2, 0) is 37.4 Å². The van der Waals surface area contributed by atoms with Crippen LogP contribution in [0.15, 0.2) is 66.7 Å². The molecule has 1 fully saturated rings. The maximum atomic E-state index is 12.8. The summed E-state index contributed by atoms with van der Waals surface area (Å²) in [4.78, 5) is 17.7. The Morgan fingerprint density at radius 2 is 1.56 bits per heavy atom. The van der Waals surface area contributed by atoms with E-state index in [-0.39, 0.29) is 11.8 Å². The largest absolute Gasteiger partial charge is 0.352 e. The monoisotopic (exact) mass is 521 g/mol. The molecule has 1 saturated heterocycles. The summed E-state index contributed by atoms with van der Waals surface area (Å²) in [6.45, 7) is 6.23. The summed E-state index contributed by atoms with van der Waals surface area (Å²) in [6.07, 6.45) is 2.86. The SMILES string of the molecule is O=C(NCc1ccc(CN2CCc3ccccc3C2)cc1)C1CCN(Cc2ccc(Cl)cc2Cl)CC1. The molecule has 0 aromatic heterocycles. The van der Waals surface area contributed by atoms with E-state index >= 15 is 0 Å². The van der Waals surface area contributed by atoms with Gasteiger partial charge in [-0.2, -0.15) is 0 Å². The molecule has 0 bridgehead atoms. The van der Waals surface area contributed by atoms with Crippen LogP contribution in [0.1, 0.15) is 40.7 Å². The molecule has 188 valence electrons. The third-order valence-corrected chi connectivity index (χ3v) is 8.06. The Morgan fingerprint density at radius 3 is 2.31 bits per heavy atom. The first-order valence-corrected chi connectivity index (χ1v) is 13.6. The van der Waals surface area contributed by atoms with Crippen LogP contribution in [0.3, 0.4) is 0 Å². The van der Waals surface area contributed by atoms with E-state index in [1.165, 1.54) is 16.7 Å². The van der Waals surface area contributed by atoms with Gasteiger partial charge in [0.15, 0.2) is 0 Å². The van der Waals surface area contributed by atoms with Gasteiger partial charge in [0.2, 0.25) is 5.91 Å². The minimum atomic E-state index is 0.0724. The molecule has 0 aliphatic carbocycles. The zero-order chi connectivity index (χ0) is 24.9. The van der Waals surface area contributed by atoms with E-state index in [4.69, 9.17) is 23.2 Å². The molecule has 0 spiro atoms. The van der Waals surface area contributed by atoms with Crippen molar-refractivity contribution in [2.24, 2.45) is 5.92 Å². The molecule has 5 rings (SSSR count). The van der Waals surface area contributed by atoms with Gasteiger partial charge in [0.1, 0.15) is 0 Å². The first-order valence-electron chi connectivity index (χ1n) is 12.8. The molecule has 3 aromatic rings. The molecule has 4 nitrogen and oxygen atoms in total. The Kier molecular flexibility index (Phi) is 8.28. The van der Waals surface area contributed by atoms with Gasteiger partial charge < -0.3 is 5.32 Å². The number of likely N-dealkylation sites (tertiary alicyclic amines) is 1. The zero-order valence-corrected chi connectivity index (χ0v) is 22.1. The number of hydrogen-bond donors (Lipinski definition) is 1. The van der Waals surface area contributed by atoms with E-state index in [0.29, 0.717) is 16.6 Å². The van der Waals surface area contributed by atoms with Gasteiger partial charge in [-0.05, 0) is 72.3 Å². The van der Waals surface area contributed by atoms with Gasteiger partial charge in [-0.25, -0.2) is 0 Å². The van der Waals surface area contributed by atoms with Crippen LogP contribution in [0.2, 0.25) is 10.0 Å². The molecule has 36 heavy (non-hydrogen) atoms. The minimum absolute atomic E-state index is 0.0724. The molecule has 1 amide bonds. The topological polar surface area (TPSA) is 35.6 Å². The Balaban J connectivity index is 1.05. The molecule has 2 aliphatic heterocycles. The minimum Gasteiger partial charge on any atom is -0.352 e. The molecule has 1 N–H and O–H groups in total. The van der Waals surface area contributed by atoms with Crippen molar-refractivity contribution in [3.05, 3.63) is 105 Å². The van der Waals surface area contributed by atoms with Crippen LogP contribution in [0.5, 0.6) is 0 Å². The molecule has 0 radical (unpaired) electrons. The second-order valence-corrected chi connectivity index (χ2v) is 10.9. The van der Waals surface area contributed by atoms with Gasteiger partial charge in [0.25, 0.3) is 0 Å². The Bertz CT molecular complexity index is 1190. The number of carbonyl (C=O) groups excluding carboxylic acids is 1. The highest BCUT2D eigenvalue weighted by Gasteiger charge is 2.25. The van der Waals surface area contributed by atoms with E-state index in [2.05, 4.69) is 63.6 Å². The highest BCUT2D eigenvalue weighted by Crippen LogP contribution is 2.25. The maximum Gasteiger partial charge on any atom is 0.223 e. The van der Waals surface area contributed by atoms with Crippen LogP contribution in [0.25, 0.3) is 0 Å². The summed E-state index contributed by atoms with van der Waals surface area (Å²) in [6, 6.07) is 23.1. The van der Waals surface area contributed by atoms with Crippen LogP contribution in [0.4, 0.5) is 0 Å². The quantitative estimate of drug-likeness (QED) is 0.409. The van der Waals surface area contributed by atoms with Gasteiger partial charge in [0, 0.05) is 48.7 Å². The van der Waals surface area contributed by atoms with Crippen molar-refractivity contribution in [3.63, 3.8) is 0 Å². The summed E-state index contributed by atoms with van der Waals surface area (Å²) in [5, 5.41) is 4.51. The Hall–Kier alpha value is -2.37. The normalized spacial score (nSPS) is 17.1. The molecule has 0 saturated carbocycles. The molecular weight excluding hydrogens is 489 g/mol.